The minimum absolute atomic E-state index is 0.102. The second-order valence-corrected chi connectivity index (χ2v) is 2.80. The van der Waals surface area contributed by atoms with Crippen molar-refractivity contribution in [2.45, 2.75) is 0 Å². The van der Waals surface area contributed by atoms with Crippen molar-refractivity contribution < 1.29 is 4.39 Å². The Morgan fingerprint density at radius 1 is 1.50 bits per heavy atom. The first-order valence-corrected chi connectivity index (χ1v) is 4.01. The van der Waals surface area contributed by atoms with Crippen molar-refractivity contribution in [3.05, 3.63) is 0 Å². The van der Waals surface area contributed by atoms with Crippen LogP contribution >= 0.6 is 31.9 Å². The molecule has 58 valence electrons. The Morgan fingerprint density at radius 2 is 2.10 bits per heavy atom. The van der Waals surface area contributed by atoms with Gasteiger partial charge < -0.3 is 5.73 Å². The summed E-state index contributed by atoms with van der Waals surface area (Å²) in [6, 6.07) is 0. The Labute approximate surface area is 74.9 Å². The van der Waals surface area contributed by atoms with Crippen LogP contribution < -0.4 is 5.73 Å². The molecule has 0 aliphatic rings. The van der Waals surface area contributed by atoms with Gasteiger partial charge >= 0.3 is 0 Å². The molecule has 0 spiro atoms. The van der Waals surface area contributed by atoms with Crippen molar-refractivity contribution >= 4 is 41.3 Å². The van der Waals surface area contributed by atoms with Gasteiger partial charge in [0.05, 0.1) is 6.54 Å². The molecule has 0 bridgehead atoms. The van der Waals surface area contributed by atoms with Crippen molar-refractivity contribution in [2.24, 2.45) is 15.7 Å². The largest absolute Gasteiger partial charge is 0.378 e. The van der Waals surface area contributed by atoms with Gasteiger partial charge in [-0.1, -0.05) is 0 Å². The maximum Gasteiger partial charge on any atom is 0.194 e. The van der Waals surface area contributed by atoms with Crippen LogP contribution in [0.5, 0.6) is 0 Å². The molecule has 0 aromatic carbocycles. The molecule has 0 radical (unpaired) electrons. The molecule has 0 fully saturated rings. The molecule has 10 heavy (non-hydrogen) atoms. The van der Waals surface area contributed by atoms with Crippen LogP contribution in [0.3, 0.4) is 0 Å². The molecule has 0 rings (SSSR count). The lowest BCUT2D eigenvalue weighted by atomic mass is 10.8. The van der Waals surface area contributed by atoms with E-state index in [-0.39, 0.29) is 11.3 Å². The van der Waals surface area contributed by atoms with Gasteiger partial charge in [-0.3, -0.25) is 4.99 Å². The van der Waals surface area contributed by atoms with E-state index in [1.807, 2.05) is 0 Å². The fraction of sp³-hybridized carbons (Fsp3) is 0.500. The first-order valence-electron chi connectivity index (χ1n) is 2.42. The van der Waals surface area contributed by atoms with Crippen LogP contribution in [0.15, 0.2) is 9.98 Å². The number of halogens is 3. The smallest absolute Gasteiger partial charge is 0.194 e. The van der Waals surface area contributed by atoms with E-state index in [0.717, 1.165) is 0 Å². The monoisotopic (exact) mass is 273 g/mol. The van der Waals surface area contributed by atoms with Gasteiger partial charge in [-0.05, 0) is 31.9 Å². The standard InChI is InChI=1S/C4H6Br2FN3/c5-3(8)10-4(6)9-2-1-7/h1-2H2,(H2,8,9,10). The number of hydrogen-bond donors (Lipinski definition) is 1. The van der Waals surface area contributed by atoms with Crippen molar-refractivity contribution in [3.63, 3.8) is 0 Å². The second-order valence-electron chi connectivity index (χ2n) is 1.27. The second kappa shape index (κ2) is 5.79. The molecule has 0 aliphatic carbocycles. The van der Waals surface area contributed by atoms with Gasteiger partial charge in [-0.25, -0.2) is 4.39 Å². The summed E-state index contributed by atoms with van der Waals surface area (Å²) in [4.78, 5) is 7.27. The number of nitrogens with zero attached hydrogens (tertiary/aromatic N) is 2. The van der Waals surface area contributed by atoms with E-state index < -0.39 is 6.67 Å². The first-order chi connectivity index (χ1) is 4.66. The van der Waals surface area contributed by atoms with Crippen LogP contribution in [0.2, 0.25) is 0 Å². The molecule has 0 aromatic heterocycles. The highest BCUT2D eigenvalue weighted by atomic mass is 79.9. The molecule has 0 aliphatic heterocycles. The fourth-order valence-corrected chi connectivity index (χ4v) is 1.03. The van der Waals surface area contributed by atoms with Crippen molar-refractivity contribution in [1.29, 1.82) is 0 Å². The number of amidine groups is 2. The molecule has 0 saturated carbocycles. The summed E-state index contributed by atoms with van der Waals surface area (Å²) in [5.74, 6) is 0. The topological polar surface area (TPSA) is 50.7 Å². The normalized spacial score (nSPS) is 13.9. The molecule has 0 atom stereocenters. The summed E-state index contributed by atoms with van der Waals surface area (Å²) in [6.07, 6.45) is 0. The summed E-state index contributed by atoms with van der Waals surface area (Å²) in [7, 11) is 0. The molecule has 0 aromatic rings. The van der Waals surface area contributed by atoms with Crippen LogP contribution in [0.25, 0.3) is 0 Å². The predicted octanol–water partition coefficient (Wildman–Crippen LogP) is 1.42. The van der Waals surface area contributed by atoms with Gasteiger partial charge in [0.15, 0.2) is 9.49 Å². The Bertz CT molecular complexity index is 153. The minimum Gasteiger partial charge on any atom is -0.378 e. The Morgan fingerprint density at radius 3 is 2.50 bits per heavy atom. The molecular weight excluding hydrogens is 269 g/mol. The van der Waals surface area contributed by atoms with Gasteiger partial charge in [-0.2, -0.15) is 4.99 Å². The molecule has 6 heteroatoms. The van der Waals surface area contributed by atoms with Crippen LogP contribution in [0, 0.1) is 0 Å². The zero-order valence-electron chi connectivity index (χ0n) is 5.02. The van der Waals surface area contributed by atoms with Gasteiger partial charge in [0.1, 0.15) is 6.67 Å². The number of hydrogen-bond acceptors (Lipinski definition) is 1. The van der Waals surface area contributed by atoms with Crippen LogP contribution in [-0.2, 0) is 0 Å². The fourth-order valence-electron chi connectivity index (χ4n) is 0.258. The quantitative estimate of drug-likeness (QED) is 0.462. The van der Waals surface area contributed by atoms with E-state index >= 15 is 0 Å². The summed E-state index contributed by atoms with van der Waals surface area (Å²) in [6.45, 7) is -0.392. The molecule has 0 saturated heterocycles. The van der Waals surface area contributed by atoms with E-state index in [9.17, 15) is 4.39 Å². The summed E-state index contributed by atoms with van der Waals surface area (Å²) in [5, 5.41) is 0. The summed E-state index contributed by atoms with van der Waals surface area (Å²) >= 11 is 5.86. The van der Waals surface area contributed by atoms with Gasteiger partial charge in [0.2, 0.25) is 0 Å². The van der Waals surface area contributed by atoms with Crippen molar-refractivity contribution in [3.8, 4) is 0 Å². The van der Waals surface area contributed by atoms with Gasteiger partial charge in [-0.15, -0.1) is 0 Å². The number of nitrogens with two attached hydrogens (primary N) is 1. The number of aliphatic imine (C=N–C) groups is 2. The van der Waals surface area contributed by atoms with E-state index in [1.54, 1.807) is 0 Å². The highest BCUT2D eigenvalue weighted by molar-refractivity contribution is 9.19. The maximum absolute atomic E-state index is 11.5. The Balaban J connectivity index is 3.82. The van der Waals surface area contributed by atoms with Crippen LogP contribution in [-0.4, -0.2) is 22.7 Å². The summed E-state index contributed by atoms with van der Waals surface area (Å²) in [5.41, 5.74) is 5.13. The average Bonchev–Trinajstić information content (AvgIpc) is 1.82. The molecule has 0 amide bonds. The van der Waals surface area contributed by atoms with E-state index in [0.29, 0.717) is 4.74 Å². The zero-order chi connectivity index (χ0) is 7.98. The molecule has 0 unspecified atom stereocenters. The van der Waals surface area contributed by atoms with E-state index in [2.05, 4.69) is 41.8 Å². The highest BCUT2D eigenvalue weighted by Gasteiger charge is 1.88. The third-order valence-corrected chi connectivity index (χ3v) is 1.13. The number of rotatable bonds is 2. The number of alkyl halides is 1. The molecular formula is C4H6Br2FN3. The van der Waals surface area contributed by atoms with Crippen molar-refractivity contribution in [2.75, 3.05) is 13.2 Å². The van der Waals surface area contributed by atoms with Crippen LogP contribution in [0.4, 0.5) is 4.39 Å². The van der Waals surface area contributed by atoms with Crippen molar-refractivity contribution in [1.82, 2.24) is 0 Å². The zero-order valence-corrected chi connectivity index (χ0v) is 8.19. The molecule has 0 heterocycles. The minimum atomic E-state index is -0.493. The Hall–Kier alpha value is 0.0300. The third-order valence-electron chi connectivity index (χ3n) is 0.526. The van der Waals surface area contributed by atoms with Gasteiger partial charge in [0, 0.05) is 0 Å². The van der Waals surface area contributed by atoms with Gasteiger partial charge in [0.25, 0.3) is 0 Å². The first kappa shape index (κ1) is 10.0. The Kier molecular flexibility index (Phi) is 5.81. The third kappa shape index (κ3) is 6.15. The highest BCUT2D eigenvalue weighted by Crippen LogP contribution is 1.94. The predicted molar refractivity (Wildman–Crippen MR) is 47.8 cm³/mol. The van der Waals surface area contributed by atoms with E-state index in [1.165, 1.54) is 0 Å². The summed E-state index contributed by atoms with van der Waals surface area (Å²) < 4.78 is 12.0. The SMILES string of the molecule is N/C(Br)=N\C(Br)=NCCF. The molecule has 3 nitrogen and oxygen atoms in total. The lowest BCUT2D eigenvalue weighted by molar-refractivity contribution is 0.505. The average molecular weight is 275 g/mol. The lowest BCUT2D eigenvalue weighted by Crippen LogP contribution is -2.03. The van der Waals surface area contributed by atoms with Crippen LogP contribution in [0.1, 0.15) is 0 Å². The molecule has 2 N–H and O–H groups in total. The van der Waals surface area contributed by atoms with E-state index in [4.69, 9.17) is 5.73 Å². The maximum atomic E-state index is 11.5. The lowest BCUT2D eigenvalue weighted by Gasteiger charge is -1.88.